The minimum Gasteiger partial charge on any atom is -0.315 e. The molecule has 3 heteroatoms. The van der Waals surface area contributed by atoms with Gasteiger partial charge in [0.1, 0.15) is 0 Å². The van der Waals surface area contributed by atoms with Gasteiger partial charge in [0.25, 0.3) is 0 Å². The summed E-state index contributed by atoms with van der Waals surface area (Å²) >= 11 is 0. The molecule has 0 bridgehead atoms. The molecule has 0 fully saturated rings. The average molecular weight is 278 g/mol. The largest absolute Gasteiger partial charge is 0.315 e. The third-order valence-corrected chi connectivity index (χ3v) is 2.93. The molecule has 0 aromatic heterocycles. The topological polar surface area (TPSA) is 41.1 Å². The Hall–Kier alpha value is -2.57. The standard InChI is InChI=1S/C18H18N2O/c1-2-19-14-16-10-6-7-11-17(16)20-18(21)13-12-15-8-4-3-5-9-15/h3-11,19H,2,14H2,1H3,(H,20,21). The van der Waals surface area contributed by atoms with E-state index in [4.69, 9.17) is 0 Å². The van der Waals surface area contributed by atoms with Crippen molar-refractivity contribution in [2.45, 2.75) is 13.5 Å². The van der Waals surface area contributed by atoms with Gasteiger partial charge in [-0.3, -0.25) is 4.79 Å². The highest BCUT2D eigenvalue weighted by atomic mass is 16.1. The normalized spacial score (nSPS) is 9.57. The van der Waals surface area contributed by atoms with Crippen LogP contribution in [-0.4, -0.2) is 12.5 Å². The van der Waals surface area contributed by atoms with E-state index in [1.165, 1.54) is 0 Å². The molecule has 2 rings (SSSR count). The van der Waals surface area contributed by atoms with Gasteiger partial charge >= 0.3 is 5.91 Å². The van der Waals surface area contributed by atoms with Gasteiger partial charge in [0, 0.05) is 23.7 Å². The number of hydrogen-bond donors (Lipinski definition) is 2. The Balaban J connectivity index is 2.05. The average Bonchev–Trinajstić information content (AvgIpc) is 2.53. The zero-order valence-electron chi connectivity index (χ0n) is 12.0. The van der Waals surface area contributed by atoms with E-state index < -0.39 is 0 Å². The molecule has 2 N–H and O–H groups in total. The van der Waals surface area contributed by atoms with Crippen LogP contribution in [0.25, 0.3) is 0 Å². The van der Waals surface area contributed by atoms with Gasteiger partial charge in [0.15, 0.2) is 0 Å². The van der Waals surface area contributed by atoms with Crippen molar-refractivity contribution in [3.05, 3.63) is 65.7 Å². The van der Waals surface area contributed by atoms with E-state index in [1.54, 1.807) is 0 Å². The molecular formula is C18H18N2O. The molecule has 0 saturated heterocycles. The molecule has 2 aromatic carbocycles. The molecule has 0 saturated carbocycles. The lowest BCUT2D eigenvalue weighted by Crippen LogP contribution is -2.15. The molecule has 3 nitrogen and oxygen atoms in total. The van der Waals surface area contributed by atoms with Crippen LogP contribution in [0.3, 0.4) is 0 Å². The second kappa shape index (κ2) is 7.88. The van der Waals surface area contributed by atoms with Crippen LogP contribution in [0.5, 0.6) is 0 Å². The molecule has 0 spiro atoms. The van der Waals surface area contributed by atoms with Crippen LogP contribution in [0, 0.1) is 11.8 Å². The van der Waals surface area contributed by atoms with E-state index in [1.807, 2.05) is 61.5 Å². The summed E-state index contributed by atoms with van der Waals surface area (Å²) in [5.74, 6) is 5.16. The van der Waals surface area contributed by atoms with Crippen molar-refractivity contribution in [1.29, 1.82) is 0 Å². The minimum atomic E-state index is -0.303. The van der Waals surface area contributed by atoms with Crippen molar-refractivity contribution in [3.8, 4) is 11.8 Å². The zero-order valence-corrected chi connectivity index (χ0v) is 12.0. The van der Waals surface area contributed by atoms with Gasteiger partial charge in [-0.25, -0.2) is 0 Å². The molecule has 0 heterocycles. The lowest BCUT2D eigenvalue weighted by molar-refractivity contribution is -0.111. The van der Waals surface area contributed by atoms with Crippen molar-refractivity contribution < 1.29 is 4.79 Å². The number of amides is 1. The Morgan fingerprint density at radius 2 is 1.76 bits per heavy atom. The zero-order chi connectivity index (χ0) is 14.9. The molecule has 0 radical (unpaired) electrons. The first kappa shape index (κ1) is 14.8. The summed E-state index contributed by atoms with van der Waals surface area (Å²) in [6.07, 6.45) is 0. The SMILES string of the molecule is CCNCc1ccccc1NC(=O)C#Cc1ccccc1. The highest BCUT2D eigenvalue weighted by Crippen LogP contribution is 2.14. The first-order valence-electron chi connectivity index (χ1n) is 6.96. The van der Waals surface area contributed by atoms with Gasteiger partial charge in [-0.05, 0) is 30.3 Å². The molecule has 0 aliphatic rings. The van der Waals surface area contributed by atoms with Gasteiger partial charge in [-0.1, -0.05) is 49.2 Å². The summed E-state index contributed by atoms with van der Waals surface area (Å²) in [5, 5.41) is 6.09. The van der Waals surface area contributed by atoms with E-state index in [0.717, 1.165) is 29.9 Å². The maximum atomic E-state index is 11.9. The number of rotatable bonds is 4. The maximum Gasteiger partial charge on any atom is 0.300 e. The van der Waals surface area contributed by atoms with Crippen LogP contribution in [0.1, 0.15) is 18.1 Å². The van der Waals surface area contributed by atoms with Gasteiger partial charge in [0.2, 0.25) is 0 Å². The van der Waals surface area contributed by atoms with Gasteiger partial charge in [-0.2, -0.15) is 0 Å². The summed E-state index contributed by atoms with van der Waals surface area (Å²) < 4.78 is 0. The summed E-state index contributed by atoms with van der Waals surface area (Å²) in [4.78, 5) is 11.9. The Morgan fingerprint density at radius 3 is 2.52 bits per heavy atom. The van der Waals surface area contributed by atoms with Crippen LogP contribution >= 0.6 is 0 Å². The van der Waals surface area contributed by atoms with E-state index in [9.17, 15) is 4.79 Å². The molecule has 0 aliphatic carbocycles. The van der Waals surface area contributed by atoms with Crippen LogP contribution in [-0.2, 0) is 11.3 Å². The van der Waals surface area contributed by atoms with E-state index in [0.29, 0.717) is 0 Å². The summed E-state index contributed by atoms with van der Waals surface area (Å²) in [7, 11) is 0. The predicted molar refractivity (Wildman–Crippen MR) is 85.8 cm³/mol. The summed E-state index contributed by atoms with van der Waals surface area (Å²) in [6, 6.07) is 17.2. The number of carbonyl (C=O) groups excluding carboxylic acids is 1. The van der Waals surface area contributed by atoms with Crippen molar-refractivity contribution in [3.63, 3.8) is 0 Å². The highest BCUT2D eigenvalue weighted by Gasteiger charge is 2.03. The quantitative estimate of drug-likeness (QED) is 0.844. The molecule has 21 heavy (non-hydrogen) atoms. The van der Waals surface area contributed by atoms with Gasteiger partial charge < -0.3 is 10.6 Å². The molecular weight excluding hydrogens is 260 g/mol. The first-order valence-corrected chi connectivity index (χ1v) is 6.96. The fourth-order valence-electron chi connectivity index (χ4n) is 1.86. The maximum absolute atomic E-state index is 11.9. The third kappa shape index (κ3) is 4.79. The van der Waals surface area contributed by atoms with Crippen molar-refractivity contribution in [1.82, 2.24) is 5.32 Å². The Morgan fingerprint density at radius 1 is 1.05 bits per heavy atom. The molecule has 0 unspecified atom stereocenters. The Labute approximate surface area is 125 Å². The van der Waals surface area contributed by atoms with E-state index >= 15 is 0 Å². The minimum absolute atomic E-state index is 0.303. The fourth-order valence-corrected chi connectivity index (χ4v) is 1.86. The van der Waals surface area contributed by atoms with Gasteiger partial charge in [-0.15, -0.1) is 0 Å². The number of carbonyl (C=O) groups is 1. The van der Waals surface area contributed by atoms with Crippen molar-refractivity contribution in [2.75, 3.05) is 11.9 Å². The molecule has 0 aliphatic heterocycles. The number of hydrogen-bond acceptors (Lipinski definition) is 2. The third-order valence-electron chi connectivity index (χ3n) is 2.93. The molecule has 106 valence electrons. The summed E-state index contributed by atoms with van der Waals surface area (Å²) in [6.45, 7) is 3.65. The number of para-hydroxylation sites is 1. The molecule has 0 atom stereocenters. The molecule has 2 aromatic rings. The Bertz CT molecular complexity index is 654. The molecule has 1 amide bonds. The van der Waals surface area contributed by atoms with Crippen LogP contribution in [0.15, 0.2) is 54.6 Å². The van der Waals surface area contributed by atoms with Crippen molar-refractivity contribution >= 4 is 11.6 Å². The predicted octanol–water partition coefficient (Wildman–Crippen LogP) is 2.79. The lowest BCUT2D eigenvalue weighted by atomic mass is 10.1. The van der Waals surface area contributed by atoms with Crippen LogP contribution in [0.4, 0.5) is 5.69 Å². The van der Waals surface area contributed by atoms with Crippen LogP contribution in [0.2, 0.25) is 0 Å². The number of benzene rings is 2. The van der Waals surface area contributed by atoms with Gasteiger partial charge in [0.05, 0.1) is 0 Å². The van der Waals surface area contributed by atoms with E-state index in [-0.39, 0.29) is 5.91 Å². The fraction of sp³-hybridized carbons (Fsp3) is 0.167. The van der Waals surface area contributed by atoms with E-state index in [2.05, 4.69) is 22.5 Å². The number of nitrogens with one attached hydrogen (secondary N) is 2. The Kier molecular flexibility index (Phi) is 5.57. The second-order valence-electron chi connectivity index (χ2n) is 4.51. The van der Waals surface area contributed by atoms with Crippen LogP contribution < -0.4 is 10.6 Å². The second-order valence-corrected chi connectivity index (χ2v) is 4.51. The van der Waals surface area contributed by atoms with Crippen molar-refractivity contribution in [2.24, 2.45) is 0 Å². The first-order chi connectivity index (χ1) is 10.3. The monoisotopic (exact) mass is 278 g/mol. The highest BCUT2D eigenvalue weighted by molar-refractivity contribution is 6.04. The smallest absolute Gasteiger partial charge is 0.300 e. The lowest BCUT2D eigenvalue weighted by Gasteiger charge is -2.09. The number of anilines is 1. The summed E-state index contributed by atoms with van der Waals surface area (Å²) in [5.41, 5.74) is 2.67.